The first kappa shape index (κ1) is 17.2. The zero-order valence-electron chi connectivity index (χ0n) is 13.6. The van der Waals surface area contributed by atoms with Crippen LogP contribution in [0.2, 0.25) is 0 Å². The van der Waals surface area contributed by atoms with Crippen molar-refractivity contribution in [2.75, 3.05) is 25.6 Å². The summed E-state index contributed by atoms with van der Waals surface area (Å²) in [4.78, 5) is 25.7. The van der Waals surface area contributed by atoms with E-state index < -0.39 is 11.9 Å². The first-order valence-electron chi connectivity index (χ1n) is 7.36. The number of nitrogens with zero attached hydrogens (tertiary/aromatic N) is 1. The summed E-state index contributed by atoms with van der Waals surface area (Å²) < 4.78 is 5.01. The van der Waals surface area contributed by atoms with Gasteiger partial charge in [0.15, 0.2) is 0 Å². The van der Waals surface area contributed by atoms with Crippen LogP contribution < -0.4 is 4.90 Å². The minimum atomic E-state index is -0.708. The van der Waals surface area contributed by atoms with Gasteiger partial charge >= 0.3 is 5.97 Å². The normalized spacial score (nSPS) is 11.9. The second kappa shape index (κ2) is 7.81. The molecule has 0 aliphatic rings. The Morgan fingerprint density at radius 3 is 2.33 bits per heavy atom. The Kier molecular flexibility index (Phi) is 6.40. The molecule has 4 nitrogen and oxygen atoms in total. The highest BCUT2D eigenvalue weighted by molar-refractivity contribution is 5.98. The molecule has 116 valence electrons. The predicted molar refractivity (Wildman–Crippen MR) is 84.7 cm³/mol. The Labute approximate surface area is 127 Å². The first-order valence-corrected chi connectivity index (χ1v) is 7.36. The molecule has 0 bridgehead atoms. The summed E-state index contributed by atoms with van der Waals surface area (Å²) in [5.41, 5.74) is 3.32. The topological polar surface area (TPSA) is 46.6 Å². The molecule has 0 saturated carbocycles. The fraction of sp³-hybridized carbons (Fsp3) is 0.529. The second-order valence-corrected chi connectivity index (χ2v) is 5.32. The van der Waals surface area contributed by atoms with Gasteiger partial charge in [-0.15, -0.1) is 0 Å². The van der Waals surface area contributed by atoms with E-state index in [9.17, 15) is 9.59 Å². The maximum absolute atomic E-state index is 11.9. The van der Waals surface area contributed by atoms with Crippen LogP contribution in [0.3, 0.4) is 0 Å². The van der Waals surface area contributed by atoms with Gasteiger partial charge in [-0.25, -0.2) is 0 Å². The van der Waals surface area contributed by atoms with Crippen molar-refractivity contribution in [3.8, 4) is 0 Å². The number of carbonyl (C=O) groups is 2. The van der Waals surface area contributed by atoms with Crippen LogP contribution >= 0.6 is 0 Å². The molecule has 1 aromatic rings. The lowest BCUT2D eigenvalue weighted by Gasteiger charge is -2.18. The molecule has 1 atom stereocenters. The molecule has 21 heavy (non-hydrogen) atoms. The summed E-state index contributed by atoms with van der Waals surface area (Å²) in [5, 5.41) is 0. The Morgan fingerprint density at radius 2 is 1.86 bits per heavy atom. The molecule has 1 aromatic carbocycles. The number of hydrogen-bond donors (Lipinski definition) is 0. The molecule has 4 heteroatoms. The number of hydrogen-bond acceptors (Lipinski definition) is 4. The van der Waals surface area contributed by atoms with E-state index >= 15 is 0 Å². The molecule has 0 aliphatic heterocycles. The van der Waals surface area contributed by atoms with Crippen molar-refractivity contribution in [2.24, 2.45) is 5.92 Å². The SMILES string of the molecule is CCOC(=O)C(Cc1ccc(N(C)C)cc1CC)C(C)=O. The van der Waals surface area contributed by atoms with E-state index in [1.165, 1.54) is 6.92 Å². The van der Waals surface area contributed by atoms with E-state index in [0.717, 1.165) is 23.2 Å². The van der Waals surface area contributed by atoms with Crippen molar-refractivity contribution in [1.29, 1.82) is 0 Å². The summed E-state index contributed by atoms with van der Waals surface area (Å²) in [5.74, 6) is -1.28. The number of esters is 1. The monoisotopic (exact) mass is 291 g/mol. The average Bonchev–Trinajstić information content (AvgIpc) is 2.44. The van der Waals surface area contributed by atoms with E-state index in [2.05, 4.69) is 13.0 Å². The number of Topliss-reactive ketones (excluding diaryl/α,β-unsaturated/α-hetero) is 1. The molecule has 0 N–H and O–H groups in total. The van der Waals surface area contributed by atoms with Crippen LogP contribution in [0.1, 0.15) is 31.9 Å². The molecule has 0 aliphatic carbocycles. The summed E-state index contributed by atoms with van der Waals surface area (Å²) in [7, 11) is 3.98. The molecule has 1 unspecified atom stereocenters. The van der Waals surface area contributed by atoms with Gasteiger partial charge < -0.3 is 9.64 Å². The third kappa shape index (κ3) is 4.59. The van der Waals surface area contributed by atoms with Crippen molar-refractivity contribution in [3.05, 3.63) is 29.3 Å². The van der Waals surface area contributed by atoms with Crippen molar-refractivity contribution in [2.45, 2.75) is 33.6 Å². The molecule has 0 radical (unpaired) electrons. The second-order valence-electron chi connectivity index (χ2n) is 5.32. The lowest BCUT2D eigenvalue weighted by Crippen LogP contribution is -2.27. The number of ketones is 1. The highest BCUT2D eigenvalue weighted by Crippen LogP contribution is 2.22. The Morgan fingerprint density at radius 1 is 1.19 bits per heavy atom. The number of benzene rings is 1. The van der Waals surface area contributed by atoms with Gasteiger partial charge in [0, 0.05) is 19.8 Å². The zero-order valence-corrected chi connectivity index (χ0v) is 13.6. The van der Waals surface area contributed by atoms with Gasteiger partial charge in [-0.1, -0.05) is 13.0 Å². The van der Waals surface area contributed by atoms with Gasteiger partial charge in [-0.3, -0.25) is 9.59 Å². The third-order valence-electron chi connectivity index (χ3n) is 3.57. The molecule has 0 heterocycles. The van der Waals surface area contributed by atoms with Crippen LogP contribution in [0.25, 0.3) is 0 Å². The number of carbonyl (C=O) groups excluding carboxylic acids is 2. The molecular weight excluding hydrogens is 266 g/mol. The molecule has 0 fully saturated rings. The number of ether oxygens (including phenoxy) is 1. The van der Waals surface area contributed by atoms with E-state index in [1.807, 2.05) is 31.1 Å². The molecule has 0 saturated heterocycles. The van der Waals surface area contributed by atoms with E-state index in [-0.39, 0.29) is 5.78 Å². The highest BCUT2D eigenvalue weighted by Gasteiger charge is 2.25. The van der Waals surface area contributed by atoms with Gasteiger partial charge in [0.2, 0.25) is 0 Å². The quantitative estimate of drug-likeness (QED) is 0.572. The first-order chi connectivity index (χ1) is 9.90. The van der Waals surface area contributed by atoms with Crippen molar-refractivity contribution >= 4 is 17.4 Å². The van der Waals surface area contributed by atoms with Crippen LogP contribution in [0.4, 0.5) is 5.69 Å². The van der Waals surface area contributed by atoms with Gasteiger partial charge in [-0.05, 0) is 49.9 Å². The smallest absolute Gasteiger partial charge is 0.316 e. The Bertz CT molecular complexity index is 509. The summed E-state index contributed by atoms with van der Waals surface area (Å²) in [6, 6.07) is 6.12. The molecule has 0 aromatic heterocycles. The van der Waals surface area contributed by atoms with E-state index in [0.29, 0.717) is 13.0 Å². The van der Waals surface area contributed by atoms with Crippen LogP contribution in [0, 0.1) is 5.92 Å². The number of rotatable bonds is 7. The van der Waals surface area contributed by atoms with Crippen LogP contribution in [-0.2, 0) is 27.2 Å². The average molecular weight is 291 g/mol. The van der Waals surface area contributed by atoms with Crippen LogP contribution in [0.5, 0.6) is 0 Å². The maximum atomic E-state index is 11.9. The summed E-state index contributed by atoms with van der Waals surface area (Å²) in [6.45, 7) is 5.56. The minimum absolute atomic E-state index is 0.146. The standard InChI is InChI=1S/C17H25NO3/c1-6-13-10-15(18(4)5)9-8-14(13)11-16(12(3)19)17(20)21-7-2/h8-10,16H,6-7,11H2,1-5H3. The summed E-state index contributed by atoms with van der Waals surface area (Å²) in [6.07, 6.45) is 1.27. The molecule has 0 amide bonds. The molecule has 0 spiro atoms. The maximum Gasteiger partial charge on any atom is 0.316 e. The van der Waals surface area contributed by atoms with E-state index in [1.54, 1.807) is 6.92 Å². The van der Waals surface area contributed by atoms with Crippen LogP contribution in [-0.4, -0.2) is 32.5 Å². The van der Waals surface area contributed by atoms with Crippen molar-refractivity contribution < 1.29 is 14.3 Å². The van der Waals surface area contributed by atoms with Gasteiger partial charge in [-0.2, -0.15) is 0 Å². The number of aryl methyl sites for hydroxylation is 1. The Balaban J connectivity index is 3.03. The Hall–Kier alpha value is -1.84. The van der Waals surface area contributed by atoms with Crippen LogP contribution in [0.15, 0.2) is 18.2 Å². The van der Waals surface area contributed by atoms with Gasteiger partial charge in [0.1, 0.15) is 11.7 Å². The van der Waals surface area contributed by atoms with E-state index in [4.69, 9.17) is 4.74 Å². The zero-order chi connectivity index (χ0) is 16.0. The largest absolute Gasteiger partial charge is 0.465 e. The van der Waals surface area contributed by atoms with Gasteiger partial charge in [0.05, 0.1) is 6.61 Å². The summed E-state index contributed by atoms with van der Waals surface area (Å²) >= 11 is 0. The fourth-order valence-electron chi connectivity index (χ4n) is 2.27. The van der Waals surface area contributed by atoms with Gasteiger partial charge in [0.25, 0.3) is 0 Å². The minimum Gasteiger partial charge on any atom is -0.465 e. The molecular formula is C17H25NO3. The number of anilines is 1. The predicted octanol–water partition coefficient (Wildman–Crippen LogP) is 2.63. The highest BCUT2D eigenvalue weighted by atomic mass is 16.5. The van der Waals surface area contributed by atoms with Crippen molar-refractivity contribution in [3.63, 3.8) is 0 Å². The lowest BCUT2D eigenvalue weighted by molar-refractivity contribution is -0.151. The fourth-order valence-corrected chi connectivity index (χ4v) is 2.27. The van der Waals surface area contributed by atoms with Crippen molar-refractivity contribution in [1.82, 2.24) is 0 Å². The third-order valence-corrected chi connectivity index (χ3v) is 3.57. The lowest BCUT2D eigenvalue weighted by atomic mass is 9.92. The molecule has 1 rings (SSSR count).